The molecule has 1 aromatic rings. The molecule has 0 fully saturated rings. The number of aliphatic hydroxyl groups excluding tert-OH is 5. The van der Waals surface area contributed by atoms with Gasteiger partial charge in [-0.15, -0.1) is 6.58 Å². The van der Waals surface area contributed by atoms with E-state index in [1.54, 1.807) is 0 Å². The zero-order valence-electron chi connectivity index (χ0n) is 13.0. The Kier molecular flexibility index (Phi) is 11.9. The normalized spacial score (nSPS) is 15.3. The Hall–Kier alpha value is -1.70. The summed E-state index contributed by atoms with van der Waals surface area (Å²) in [4.78, 5) is 0. The Bertz CT molecular complexity index is 422. The minimum Gasteiger partial charge on any atom is -0.499 e. The van der Waals surface area contributed by atoms with Crippen LogP contribution in [-0.4, -0.2) is 63.2 Å². The van der Waals surface area contributed by atoms with Gasteiger partial charge in [0.2, 0.25) is 0 Å². The van der Waals surface area contributed by atoms with Gasteiger partial charge in [0.15, 0.2) is 0 Å². The predicted molar refractivity (Wildman–Crippen MR) is 87.6 cm³/mol. The van der Waals surface area contributed by atoms with E-state index in [1.807, 2.05) is 24.3 Å². The first-order chi connectivity index (χ1) is 11.0. The van der Waals surface area contributed by atoms with Crippen molar-refractivity contribution in [3.63, 3.8) is 0 Å². The summed E-state index contributed by atoms with van der Waals surface area (Å²) in [6.45, 7) is 5.93. The van der Waals surface area contributed by atoms with Crippen molar-refractivity contribution < 1.29 is 30.3 Å². The molecular weight excluding hydrogens is 300 g/mol. The first-order valence-electron chi connectivity index (χ1n) is 7.18. The second kappa shape index (κ2) is 12.8. The molecular formula is C17H26O6. The van der Waals surface area contributed by atoms with Crippen LogP contribution in [-0.2, 0) is 11.2 Å². The maximum absolute atomic E-state index is 9.23. The highest BCUT2D eigenvalue weighted by Crippen LogP contribution is 2.05. The predicted octanol–water partition coefficient (Wildman–Crippen LogP) is -0.00250. The maximum atomic E-state index is 9.23. The minimum absolute atomic E-state index is 0.250. The van der Waals surface area contributed by atoms with E-state index in [1.165, 1.54) is 5.56 Å². The molecule has 0 aliphatic rings. The van der Waals surface area contributed by atoms with Crippen molar-refractivity contribution in [3.8, 4) is 0 Å². The number of ether oxygens (including phenoxy) is 1. The van der Waals surface area contributed by atoms with E-state index in [0.29, 0.717) is 0 Å². The molecule has 0 spiro atoms. The molecule has 1 rings (SSSR count). The summed E-state index contributed by atoms with van der Waals surface area (Å²) in [6.07, 6.45) is -2.10. The van der Waals surface area contributed by atoms with Gasteiger partial charge in [0.05, 0.1) is 12.9 Å². The van der Waals surface area contributed by atoms with Gasteiger partial charge in [-0.05, 0) is 12.0 Å². The highest BCUT2D eigenvalue weighted by atomic mass is 16.5. The average Bonchev–Trinajstić information content (AvgIpc) is 2.59. The van der Waals surface area contributed by atoms with E-state index in [2.05, 4.69) is 30.0 Å². The van der Waals surface area contributed by atoms with Crippen LogP contribution in [0.15, 0.2) is 55.8 Å². The van der Waals surface area contributed by atoms with E-state index >= 15 is 0 Å². The number of allylic oxidation sites excluding steroid dienone is 1. The summed E-state index contributed by atoms with van der Waals surface area (Å²) in [7, 11) is 0. The second-order valence-electron chi connectivity index (χ2n) is 4.78. The quantitative estimate of drug-likeness (QED) is 0.323. The molecule has 0 aliphatic heterocycles. The van der Waals surface area contributed by atoms with Crippen LogP contribution < -0.4 is 0 Å². The summed E-state index contributed by atoms with van der Waals surface area (Å²) in [6, 6.07) is 10.3. The molecule has 6 nitrogen and oxygen atoms in total. The first-order valence-corrected chi connectivity index (χ1v) is 7.18. The van der Waals surface area contributed by atoms with Crippen LogP contribution >= 0.6 is 0 Å². The Balaban J connectivity index is 0.000000459. The fraction of sp³-hybridized carbons (Fsp3) is 0.412. The third kappa shape index (κ3) is 9.12. The fourth-order valence-corrected chi connectivity index (χ4v) is 1.61. The fourth-order valence-electron chi connectivity index (χ4n) is 1.61. The number of rotatable bonds is 9. The Labute approximate surface area is 136 Å². The summed E-state index contributed by atoms with van der Waals surface area (Å²) in [5, 5.41) is 45.0. The summed E-state index contributed by atoms with van der Waals surface area (Å²) in [5.41, 5.74) is 1.33. The molecule has 0 saturated carbocycles. The number of aliphatic hydroxyl groups is 5. The van der Waals surface area contributed by atoms with E-state index in [4.69, 9.17) is 15.3 Å². The Morgan fingerprint density at radius 1 is 0.957 bits per heavy atom. The summed E-state index contributed by atoms with van der Waals surface area (Å²) in [5.74, 6) is 0. The van der Waals surface area contributed by atoms with Crippen molar-refractivity contribution in [2.75, 3.05) is 13.2 Å². The number of hydrogen-bond acceptors (Lipinski definition) is 6. The van der Waals surface area contributed by atoms with Crippen molar-refractivity contribution >= 4 is 0 Å². The largest absolute Gasteiger partial charge is 0.499 e. The molecule has 0 aliphatic carbocycles. The van der Waals surface area contributed by atoms with Crippen LogP contribution in [0.5, 0.6) is 0 Å². The van der Waals surface area contributed by atoms with Gasteiger partial charge in [-0.1, -0.05) is 43.0 Å². The van der Waals surface area contributed by atoms with Crippen LogP contribution in [0.1, 0.15) is 5.56 Å². The Morgan fingerprint density at radius 2 is 1.52 bits per heavy atom. The maximum Gasteiger partial charge on any atom is 0.116 e. The summed E-state index contributed by atoms with van der Waals surface area (Å²) >= 11 is 0. The third-order valence-corrected chi connectivity index (χ3v) is 2.93. The molecule has 6 heteroatoms. The van der Waals surface area contributed by atoms with E-state index in [9.17, 15) is 10.2 Å². The van der Waals surface area contributed by atoms with Gasteiger partial charge in [0, 0.05) is 0 Å². The van der Waals surface area contributed by atoms with Gasteiger partial charge in [-0.25, -0.2) is 0 Å². The van der Waals surface area contributed by atoms with E-state index in [0.717, 1.165) is 12.7 Å². The zero-order valence-corrected chi connectivity index (χ0v) is 13.0. The van der Waals surface area contributed by atoms with Gasteiger partial charge in [0.1, 0.15) is 31.0 Å². The number of hydrogen-bond donors (Lipinski definition) is 5. The molecule has 0 aromatic heterocycles. The molecule has 0 heterocycles. The van der Waals surface area contributed by atoms with Gasteiger partial charge in [-0.2, -0.15) is 0 Å². The van der Waals surface area contributed by atoms with Gasteiger partial charge >= 0.3 is 0 Å². The molecule has 23 heavy (non-hydrogen) atoms. The smallest absolute Gasteiger partial charge is 0.116 e. The Morgan fingerprint density at radius 3 is 2.00 bits per heavy atom. The van der Waals surface area contributed by atoms with Gasteiger partial charge in [0.25, 0.3) is 0 Å². The van der Waals surface area contributed by atoms with Gasteiger partial charge < -0.3 is 30.3 Å². The molecule has 1 aromatic carbocycles. The van der Waals surface area contributed by atoms with E-state index in [-0.39, 0.29) is 6.61 Å². The molecule has 0 saturated heterocycles. The lowest BCUT2D eigenvalue weighted by Crippen LogP contribution is -2.47. The van der Waals surface area contributed by atoms with Gasteiger partial charge in [-0.3, -0.25) is 0 Å². The molecule has 0 radical (unpaired) electrons. The highest BCUT2D eigenvalue weighted by molar-refractivity contribution is 5.16. The second-order valence-corrected chi connectivity index (χ2v) is 4.78. The molecule has 0 amide bonds. The van der Waals surface area contributed by atoms with Crippen molar-refractivity contribution in [2.45, 2.75) is 30.8 Å². The van der Waals surface area contributed by atoms with Crippen molar-refractivity contribution in [3.05, 3.63) is 61.4 Å². The van der Waals surface area contributed by atoms with Crippen LogP contribution in [0.2, 0.25) is 0 Å². The lowest BCUT2D eigenvalue weighted by Gasteiger charge is -2.25. The molecule has 4 atom stereocenters. The van der Waals surface area contributed by atoms with Crippen LogP contribution in [0.4, 0.5) is 0 Å². The summed E-state index contributed by atoms with van der Waals surface area (Å²) < 4.78 is 4.58. The number of benzene rings is 1. The zero-order chi connectivity index (χ0) is 17.7. The third-order valence-electron chi connectivity index (χ3n) is 2.93. The standard InChI is InChI=1S/C9H10.C8H16O6/c1-2-6-9-7-4-3-5-8-9;1-2-14-4-6(11)8(13)7(12)5(10)3-9/h2-5,7-8H,1,6H2;2,5-13H,1,3-4H2. The SMILES string of the molecule is C=CCc1ccccc1.C=COCC(O)C(O)C(O)C(O)CO. The minimum atomic E-state index is -1.62. The van der Waals surface area contributed by atoms with Crippen LogP contribution in [0, 0.1) is 0 Å². The molecule has 5 N–H and O–H groups in total. The molecule has 0 bridgehead atoms. The monoisotopic (exact) mass is 326 g/mol. The van der Waals surface area contributed by atoms with Crippen molar-refractivity contribution in [1.29, 1.82) is 0 Å². The van der Waals surface area contributed by atoms with E-state index < -0.39 is 31.0 Å². The highest BCUT2D eigenvalue weighted by Gasteiger charge is 2.30. The van der Waals surface area contributed by atoms with Crippen molar-refractivity contribution in [2.24, 2.45) is 0 Å². The first kappa shape index (κ1) is 21.3. The average molecular weight is 326 g/mol. The van der Waals surface area contributed by atoms with Crippen molar-refractivity contribution in [1.82, 2.24) is 0 Å². The lowest BCUT2D eigenvalue weighted by molar-refractivity contribution is -0.124. The molecule has 4 unspecified atom stereocenters. The topological polar surface area (TPSA) is 110 Å². The van der Waals surface area contributed by atoms with Crippen LogP contribution in [0.3, 0.4) is 0 Å². The van der Waals surface area contributed by atoms with Crippen LogP contribution in [0.25, 0.3) is 0 Å². The lowest BCUT2D eigenvalue weighted by atomic mass is 10.0. The molecule has 130 valence electrons.